The number of amides is 1. The van der Waals surface area contributed by atoms with E-state index in [2.05, 4.69) is 40.9 Å². The minimum Gasteiger partial charge on any atom is -0.332 e. The molecule has 0 spiro atoms. The molecule has 0 radical (unpaired) electrons. The minimum absolute atomic E-state index is 0.0615. The normalized spacial score (nSPS) is 27.5. The first kappa shape index (κ1) is 15.5. The van der Waals surface area contributed by atoms with Crippen LogP contribution in [0.1, 0.15) is 48.9 Å². The van der Waals surface area contributed by atoms with Gasteiger partial charge >= 0.3 is 0 Å². The highest BCUT2D eigenvalue weighted by Crippen LogP contribution is 2.29. The number of likely N-dealkylation sites (N-methyl/N-ethyl adjacent to an activating group) is 1. The molecule has 1 aromatic rings. The molecule has 1 aromatic heterocycles. The molecule has 3 rings (SSSR count). The van der Waals surface area contributed by atoms with Crippen LogP contribution in [0.25, 0.3) is 0 Å². The van der Waals surface area contributed by atoms with E-state index in [1.54, 1.807) is 0 Å². The lowest BCUT2D eigenvalue weighted by Crippen LogP contribution is -2.53. The van der Waals surface area contributed by atoms with Gasteiger partial charge in [0.1, 0.15) is 5.69 Å². The van der Waals surface area contributed by atoms with Crippen molar-refractivity contribution in [2.75, 3.05) is 39.8 Å². The summed E-state index contributed by atoms with van der Waals surface area (Å²) in [6.45, 7) is 9.15. The molecule has 22 heavy (non-hydrogen) atoms. The molecule has 0 bridgehead atoms. The second kappa shape index (κ2) is 6.38. The van der Waals surface area contributed by atoms with Crippen molar-refractivity contribution in [1.82, 2.24) is 24.9 Å². The van der Waals surface area contributed by atoms with E-state index in [4.69, 9.17) is 0 Å². The molecule has 2 saturated heterocycles. The first-order valence-electron chi connectivity index (χ1n) is 8.39. The highest BCUT2D eigenvalue weighted by atomic mass is 16.2. The molecule has 2 unspecified atom stereocenters. The van der Waals surface area contributed by atoms with Crippen molar-refractivity contribution in [2.45, 2.75) is 38.8 Å². The van der Waals surface area contributed by atoms with Gasteiger partial charge in [0.15, 0.2) is 0 Å². The number of carbonyl (C=O) groups excluding carboxylic acids is 1. The van der Waals surface area contributed by atoms with Crippen LogP contribution in [0.3, 0.4) is 0 Å². The smallest absolute Gasteiger partial charge is 0.274 e. The number of piperazine rings is 1. The Morgan fingerprint density at radius 2 is 2.23 bits per heavy atom. The Morgan fingerprint density at radius 1 is 1.41 bits per heavy atom. The second-order valence-corrected chi connectivity index (χ2v) is 6.59. The summed E-state index contributed by atoms with van der Waals surface area (Å²) >= 11 is 0. The van der Waals surface area contributed by atoms with Gasteiger partial charge in [-0.2, -0.15) is 5.10 Å². The lowest BCUT2D eigenvalue weighted by Gasteiger charge is -2.39. The number of nitrogens with one attached hydrogen (secondary N) is 1. The Bertz CT molecular complexity index is 528. The van der Waals surface area contributed by atoms with E-state index in [-0.39, 0.29) is 11.9 Å². The molecule has 2 aliphatic heterocycles. The van der Waals surface area contributed by atoms with E-state index >= 15 is 0 Å². The molecule has 122 valence electrons. The van der Waals surface area contributed by atoms with Crippen LogP contribution in [0.5, 0.6) is 0 Å². The van der Waals surface area contributed by atoms with Gasteiger partial charge < -0.3 is 4.90 Å². The van der Waals surface area contributed by atoms with E-state index in [1.165, 1.54) is 6.42 Å². The maximum atomic E-state index is 12.7. The van der Waals surface area contributed by atoms with Crippen molar-refractivity contribution in [3.05, 3.63) is 17.5 Å². The van der Waals surface area contributed by atoms with E-state index in [0.29, 0.717) is 11.7 Å². The predicted molar refractivity (Wildman–Crippen MR) is 85.8 cm³/mol. The summed E-state index contributed by atoms with van der Waals surface area (Å²) in [7, 11) is 2.13. The number of aromatic nitrogens is 2. The lowest BCUT2D eigenvalue weighted by atomic mass is 10.1. The molecule has 1 N–H and O–H groups in total. The van der Waals surface area contributed by atoms with Gasteiger partial charge in [0.25, 0.3) is 5.91 Å². The average molecular weight is 305 g/mol. The van der Waals surface area contributed by atoms with Gasteiger partial charge in [-0.15, -0.1) is 0 Å². The van der Waals surface area contributed by atoms with Gasteiger partial charge in [0.2, 0.25) is 0 Å². The molecule has 1 amide bonds. The highest BCUT2D eigenvalue weighted by molar-refractivity contribution is 5.92. The molecule has 6 nitrogen and oxygen atoms in total. The molecule has 2 fully saturated rings. The number of aromatic amines is 1. The quantitative estimate of drug-likeness (QED) is 0.916. The van der Waals surface area contributed by atoms with Crippen molar-refractivity contribution in [2.24, 2.45) is 0 Å². The molecule has 6 heteroatoms. The fourth-order valence-corrected chi connectivity index (χ4v) is 3.69. The lowest BCUT2D eigenvalue weighted by molar-refractivity contribution is 0.0494. The summed E-state index contributed by atoms with van der Waals surface area (Å²) in [5.74, 6) is 0.0615. The van der Waals surface area contributed by atoms with Gasteiger partial charge in [0, 0.05) is 25.7 Å². The number of rotatable bonds is 3. The van der Waals surface area contributed by atoms with Crippen LogP contribution in [-0.2, 0) is 0 Å². The molecule has 0 aliphatic carbocycles. The summed E-state index contributed by atoms with van der Waals surface area (Å²) in [5, 5.41) is 7.37. The molecular weight excluding hydrogens is 278 g/mol. The number of hydrogen-bond donors (Lipinski definition) is 1. The maximum absolute atomic E-state index is 12.7. The van der Waals surface area contributed by atoms with E-state index in [1.807, 2.05) is 11.0 Å². The zero-order valence-electron chi connectivity index (χ0n) is 13.9. The Kier molecular flexibility index (Phi) is 4.49. The summed E-state index contributed by atoms with van der Waals surface area (Å²) in [4.78, 5) is 19.4. The average Bonchev–Trinajstić information content (AvgIpc) is 3.14. The number of hydrogen-bond acceptors (Lipinski definition) is 4. The number of nitrogens with zero attached hydrogens (tertiary/aromatic N) is 4. The maximum Gasteiger partial charge on any atom is 0.274 e. The second-order valence-electron chi connectivity index (χ2n) is 6.59. The number of likely N-dealkylation sites (tertiary alicyclic amines) is 1. The van der Waals surface area contributed by atoms with Crippen molar-refractivity contribution < 1.29 is 4.79 Å². The monoisotopic (exact) mass is 305 g/mol. The third-order valence-electron chi connectivity index (χ3n) is 5.12. The van der Waals surface area contributed by atoms with Gasteiger partial charge in [0.05, 0.1) is 11.7 Å². The zero-order chi connectivity index (χ0) is 15.7. The standard InChI is InChI=1S/C16H27N5O/c1-4-20-8-9-21(12(2)11-20)16(22)14-10-13(17-18-14)15-6-5-7-19(15)3/h10,12,15H,4-9,11H2,1-3H3,(H,17,18). The van der Waals surface area contributed by atoms with Gasteiger partial charge in [-0.1, -0.05) is 6.92 Å². The molecule has 0 aromatic carbocycles. The van der Waals surface area contributed by atoms with E-state index in [0.717, 1.165) is 44.8 Å². The largest absolute Gasteiger partial charge is 0.332 e. The fraction of sp³-hybridized carbons (Fsp3) is 0.750. The topological polar surface area (TPSA) is 55.5 Å². The Morgan fingerprint density at radius 3 is 2.86 bits per heavy atom. The SMILES string of the molecule is CCN1CCN(C(=O)c2cc(C3CCCN3C)[nH]n2)C(C)C1. The van der Waals surface area contributed by atoms with E-state index in [9.17, 15) is 4.79 Å². The predicted octanol–water partition coefficient (Wildman–Crippen LogP) is 1.34. The summed E-state index contributed by atoms with van der Waals surface area (Å²) in [6.07, 6.45) is 2.34. The van der Waals surface area contributed by atoms with Crippen LogP contribution in [0, 0.1) is 0 Å². The van der Waals surface area contributed by atoms with Crippen molar-refractivity contribution in [1.29, 1.82) is 0 Å². The van der Waals surface area contributed by atoms with Crippen LogP contribution in [0.15, 0.2) is 6.07 Å². The van der Waals surface area contributed by atoms with Gasteiger partial charge in [-0.3, -0.25) is 19.7 Å². The molecular formula is C16H27N5O. The Balaban J connectivity index is 1.69. The molecule has 3 heterocycles. The fourth-order valence-electron chi connectivity index (χ4n) is 3.69. The summed E-state index contributed by atoms with van der Waals surface area (Å²) in [6, 6.07) is 2.58. The minimum atomic E-state index is 0.0615. The van der Waals surface area contributed by atoms with Crippen LogP contribution in [0.4, 0.5) is 0 Å². The molecule has 2 atom stereocenters. The van der Waals surface area contributed by atoms with Crippen LogP contribution >= 0.6 is 0 Å². The van der Waals surface area contributed by atoms with Crippen molar-refractivity contribution >= 4 is 5.91 Å². The van der Waals surface area contributed by atoms with Crippen molar-refractivity contribution in [3.8, 4) is 0 Å². The first-order valence-corrected chi connectivity index (χ1v) is 8.39. The van der Waals surface area contributed by atoms with Gasteiger partial charge in [-0.25, -0.2) is 0 Å². The van der Waals surface area contributed by atoms with Crippen LogP contribution in [0.2, 0.25) is 0 Å². The first-order chi connectivity index (χ1) is 10.6. The molecule has 0 saturated carbocycles. The van der Waals surface area contributed by atoms with Crippen molar-refractivity contribution in [3.63, 3.8) is 0 Å². The Hall–Kier alpha value is -1.40. The highest BCUT2D eigenvalue weighted by Gasteiger charge is 2.30. The third kappa shape index (κ3) is 2.90. The number of carbonyl (C=O) groups is 1. The number of H-pyrrole nitrogens is 1. The zero-order valence-corrected chi connectivity index (χ0v) is 13.9. The van der Waals surface area contributed by atoms with Crippen LogP contribution in [-0.4, -0.2) is 76.6 Å². The summed E-state index contributed by atoms with van der Waals surface area (Å²) in [5.41, 5.74) is 1.63. The summed E-state index contributed by atoms with van der Waals surface area (Å²) < 4.78 is 0. The Labute approximate surface area is 132 Å². The van der Waals surface area contributed by atoms with Gasteiger partial charge in [-0.05, 0) is 46.0 Å². The van der Waals surface area contributed by atoms with E-state index < -0.39 is 0 Å². The third-order valence-corrected chi connectivity index (χ3v) is 5.12. The molecule has 2 aliphatic rings. The van der Waals surface area contributed by atoms with Crippen LogP contribution < -0.4 is 0 Å².